The molecule has 0 unspecified atom stereocenters. The lowest BCUT2D eigenvalue weighted by Crippen LogP contribution is -2.35. The molecule has 2 aromatic rings. The van der Waals surface area contributed by atoms with Crippen molar-refractivity contribution < 1.29 is 14.0 Å². The molecule has 1 saturated heterocycles. The Kier molecular flexibility index (Phi) is 6.97. The van der Waals surface area contributed by atoms with E-state index in [0.29, 0.717) is 17.0 Å². The van der Waals surface area contributed by atoms with Crippen LogP contribution in [0.15, 0.2) is 53.2 Å². The predicted octanol–water partition coefficient (Wildman–Crippen LogP) is 3.82. The van der Waals surface area contributed by atoms with Gasteiger partial charge in [-0.05, 0) is 55.4 Å². The quantitative estimate of drug-likeness (QED) is 0.606. The van der Waals surface area contributed by atoms with Gasteiger partial charge in [-0.3, -0.25) is 14.9 Å². The van der Waals surface area contributed by atoms with Crippen molar-refractivity contribution in [3.05, 3.63) is 60.1 Å². The molecular weight excluding hydrogens is 374 g/mol. The van der Waals surface area contributed by atoms with Gasteiger partial charge in [0.1, 0.15) is 5.76 Å². The molecule has 0 spiro atoms. The zero-order valence-corrected chi connectivity index (χ0v) is 16.3. The fourth-order valence-electron chi connectivity index (χ4n) is 3.07. The zero-order valence-electron chi connectivity index (χ0n) is 15.5. The largest absolute Gasteiger partial charge is 0.465 e. The monoisotopic (exact) mass is 397 g/mol. The number of hydrogen-bond donors (Lipinski definition) is 2. The summed E-state index contributed by atoms with van der Waals surface area (Å²) in [6.45, 7) is 1.54. The van der Waals surface area contributed by atoms with Crippen LogP contribution in [0.4, 0.5) is 5.69 Å². The minimum atomic E-state index is -0.384. The van der Waals surface area contributed by atoms with E-state index in [1.165, 1.54) is 12.3 Å². The first-order chi connectivity index (χ1) is 13.6. The molecule has 2 heterocycles. The molecule has 146 valence electrons. The normalized spacial score (nSPS) is 14.5. The second-order valence-electron chi connectivity index (χ2n) is 6.54. The maximum atomic E-state index is 12.9. The Bertz CT molecular complexity index is 854. The van der Waals surface area contributed by atoms with Crippen LogP contribution in [0.1, 0.15) is 41.8 Å². The number of carbonyl (C=O) groups excluding carboxylic acids is 2. The van der Waals surface area contributed by atoms with Crippen molar-refractivity contribution in [2.45, 2.75) is 25.7 Å². The van der Waals surface area contributed by atoms with Gasteiger partial charge in [-0.25, -0.2) is 0 Å². The number of furan rings is 1. The van der Waals surface area contributed by atoms with Crippen LogP contribution < -0.4 is 10.6 Å². The van der Waals surface area contributed by atoms with Gasteiger partial charge >= 0.3 is 0 Å². The first-order valence-corrected chi connectivity index (χ1v) is 9.76. The molecule has 1 aromatic heterocycles. The van der Waals surface area contributed by atoms with Gasteiger partial charge in [0, 0.05) is 19.2 Å². The average molecular weight is 398 g/mol. The Morgan fingerprint density at radius 3 is 2.50 bits per heavy atom. The third-order valence-corrected chi connectivity index (χ3v) is 4.68. The Hall–Kier alpha value is -2.93. The van der Waals surface area contributed by atoms with Crippen molar-refractivity contribution in [3.63, 3.8) is 0 Å². The van der Waals surface area contributed by atoms with Crippen molar-refractivity contribution in [1.29, 1.82) is 0 Å². The van der Waals surface area contributed by atoms with Crippen LogP contribution in [0.25, 0.3) is 6.08 Å². The number of anilines is 1. The number of thiocarbonyl (C=S) groups is 1. The summed E-state index contributed by atoms with van der Waals surface area (Å²) in [5, 5.41) is 5.67. The van der Waals surface area contributed by atoms with Crippen molar-refractivity contribution >= 4 is 40.9 Å². The van der Waals surface area contributed by atoms with Gasteiger partial charge < -0.3 is 14.6 Å². The van der Waals surface area contributed by atoms with Gasteiger partial charge in [0.25, 0.3) is 5.91 Å². The molecule has 1 fully saturated rings. The summed E-state index contributed by atoms with van der Waals surface area (Å²) >= 11 is 5.23. The molecule has 1 aliphatic heterocycles. The SMILES string of the molecule is O=C(C=Cc1ccco1)NC(=S)Nc1ccccc1C(=O)N1CCCCCC1. The fraction of sp³-hybridized carbons (Fsp3) is 0.286. The van der Waals surface area contributed by atoms with Gasteiger partial charge in [-0.15, -0.1) is 0 Å². The van der Waals surface area contributed by atoms with E-state index < -0.39 is 0 Å². The first-order valence-electron chi connectivity index (χ1n) is 9.35. The van der Waals surface area contributed by atoms with Gasteiger partial charge in [-0.1, -0.05) is 25.0 Å². The summed E-state index contributed by atoms with van der Waals surface area (Å²) in [5.41, 5.74) is 1.13. The Morgan fingerprint density at radius 2 is 1.79 bits per heavy atom. The van der Waals surface area contributed by atoms with Gasteiger partial charge in [0.05, 0.1) is 17.5 Å². The molecule has 2 amide bonds. The van der Waals surface area contributed by atoms with E-state index in [0.717, 1.165) is 38.8 Å². The highest BCUT2D eigenvalue weighted by Gasteiger charge is 2.20. The summed E-state index contributed by atoms with van der Waals surface area (Å²) in [5.74, 6) is 0.171. The predicted molar refractivity (Wildman–Crippen MR) is 113 cm³/mol. The van der Waals surface area contributed by atoms with Crippen LogP contribution in [0.5, 0.6) is 0 Å². The van der Waals surface area contributed by atoms with E-state index in [-0.39, 0.29) is 16.9 Å². The topological polar surface area (TPSA) is 74.6 Å². The van der Waals surface area contributed by atoms with Gasteiger partial charge in [0.15, 0.2) is 5.11 Å². The van der Waals surface area contributed by atoms with E-state index in [9.17, 15) is 9.59 Å². The lowest BCUT2D eigenvalue weighted by Gasteiger charge is -2.22. The van der Waals surface area contributed by atoms with Crippen molar-refractivity contribution in [2.24, 2.45) is 0 Å². The van der Waals surface area contributed by atoms with Crippen LogP contribution in [-0.4, -0.2) is 34.9 Å². The number of para-hydroxylation sites is 1. The maximum Gasteiger partial charge on any atom is 0.255 e. The highest BCUT2D eigenvalue weighted by molar-refractivity contribution is 7.80. The molecule has 6 nitrogen and oxygen atoms in total. The highest BCUT2D eigenvalue weighted by atomic mass is 32.1. The smallest absolute Gasteiger partial charge is 0.255 e. The van der Waals surface area contributed by atoms with Crippen molar-refractivity contribution in [2.75, 3.05) is 18.4 Å². The zero-order chi connectivity index (χ0) is 19.8. The number of carbonyl (C=O) groups is 2. The molecule has 2 N–H and O–H groups in total. The second-order valence-corrected chi connectivity index (χ2v) is 6.95. The Balaban J connectivity index is 1.63. The Labute approximate surface area is 169 Å². The highest BCUT2D eigenvalue weighted by Crippen LogP contribution is 2.20. The number of benzene rings is 1. The molecule has 7 heteroatoms. The third kappa shape index (κ3) is 5.53. The maximum absolute atomic E-state index is 12.9. The number of amides is 2. The number of rotatable bonds is 4. The lowest BCUT2D eigenvalue weighted by atomic mass is 10.1. The van der Waals surface area contributed by atoms with Gasteiger partial charge in [0.2, 0.25) is 5.91 Å². The van der Waals surface area contributed by atoms with Crippen LogP contribution in [-0.2, 0) is 4.79 Å². The fourth-order valence-corrected chi connectivity index (χ4v) is 3.28. The molecule has 0 aliphatic carbocycles. The van der Waals surface area contributed by atoms with E-state index in [2.05, 4.69) is 10.6 Å². The first kappa shape index (κ1) is 19.8. The molecule has 0 atom stereocenters. The number of nitrogens with zero attached hydrogens (tertiary/aromatic N) is 1. The summed E-state index contributed by atoms with van der Waals surface area (Å²) in [7, 11) is 0. The summed E-state index contributed by atoms with van der Waals surface area (Å²) < 4.78 is 5.14. The number of nitrogens with one attached hydrogen (secondary N) is 2. The molecule has 0 bridgehead atoms. The molecule has 3 rings (SSSR count). The molecule has 0 saturated carbocycles. The lowest BCUT2D eigenvalue weighted by molar-refractivity contribution is -0.115. The summed E-state index contributed by atoms with van der Waals surface area (Å²) in [6, 6.07) is 10.7. The standard InChI is InChI=1S/C21H23N3O3S/c25-19(12-11-16-8-7-15-27-16)23-21(28)22-18-10-4-3-9-17(18)20(26)24-13-5-1-2-6-14-24/h3-4,7-12,15H,1-2,5-6,13-14H2,(H2,22,23,25,28). The minimum Gasteiger partial charge on any atom is -0.465 e. The molecule has 0 radical (unpaired) electrons. The van der Waals surface area contributed by atoms with E-state index in [4.69, 9.17) is 16.6 Å². The van der Waals surface area contributed by atoms with Crippen LogP contribution in [0.2, 0.25) is 0 Å². The van der Waals surface area contributed by atoms with E-state index in [1.807, 2.05) is 17.0 Å². The molecular formula is C21H23N3O3S. The number of likely N-dealkylation sites (tertiary alicyclic amines) is 1. The molecule has 28 heavy (non-hydrogen) atoms. The van der Waals surface area contributed by atoms with E-state index >= 15 is 0 Å². The van der Waals surface area contributed by atoms with Gasteiger partial charge in [-0.2, -0.15) is 0 Å². The minimum absolute atomic E-state index is 0.0168. The second kappa shape index (κ2) is 9.85. The summed E-state index contributed by atoms with van der Waals surface area (Å²) in [6.07, 6.45) is 8.78. The molecule has 1 aromatic carbocycles. The number of hydrogen-bond acceptors (Lipinski definition) is 4. The average Bonchev–Trinajstić information content (AvgIpc) is 3.06. The van der Waals surface area contributed by atoms with Crippen molar-refractivity contribution in [1.82, 2.24) is 10.2 Å². The summed E-state index contributed by atoms with van der Waals surface area (Å²) in [4.78, 5) is 26.8. The van der Waals surface area contributed by atoms with Crippen molar-refractivity contribution in [3.8, 4) is 0 Å². The van der Waals surface area contributed by atoms with Crippen LogP contribution >= 0.6 is 12.2 Å². The third-order valence-electron chi connectivity index (χ3n) is 4.48. The van der Waals surface area contributed by atoms with E-state index in [1.54, 1.807) is 30.3 Å². The van der Waals surface area contributed by atoms with Crippen LogP contribution in [0, 0.1) is 0 Å². The van der Waals surface area contributed by atoms with Crippen LogP contribution in [0.3, 0.4) is 0 Å². The molecule has 1 aliphatic rings. The Morgan fingerprint density at radius 1 is 1.04 bits per heavy atom.